The molecule has 0 spiro atoms. The highest BCUT2D eigenvalue weighted by molar-refractivity contribution is 7.13. The first-order valence-corrected chi connectivity index (χ1v) is 12.9. The molecule has 0 radical (unpaired) electrons. The number of nitrogens with zero attached hydrogens (tertiary/aromatic N) is 4. The minimum absolute atomic E-state index is 0.217. The Balaban J connectivity index is 1.18. The molecule has 2 aromatic carbocycles. The van der Waals surface area contributed by atoms with Gasteiger partial charge in [-0.25, -0.2) is 0 Å². The molecule has 1 aromatic heterocycles. The monoisotopic (exact) mass is 490 g/mol. The minimum Gasteiger partial charge on any atom is -0.480 e. The zero-order valence-electron chi connectivity index (χ0n) is 20.2. The predicted octanol–water partition coefficient (Wildman–Crippen LogP) is 4.28. The molecular formula is C27H30N4O3S. The van der Waals surface area contributed by atoms with Crippen molar-refractivity contribution in [3.63, 3.8) is 0 Å². The summed E-state index contributed by atoms with van der Waals surface area (Å²) in [6.45, 7) is 8.54. The molecule has 0 aliphatic carbocycles. The summed E-state index contributed by atoms with van der Waals surface area (Å²) < 4.78 is 5.94. The maximum absolute atomic E-state index is 12.8. The number of anilines is 2. The second-order valence-corrected chi connectivity index (χ2v) is 10.3. The van der Waals surface area contributed by atoms with E-state index in [2.05, 4.69) is 40.1 Å². The lowest BCUT2D eigenvalue weighted by Crippen LogP contribution is -2.46. The molecule has 182 valence electrons. The van der Waals surface area contributed by atoms with Crippen molar-refractivity contribution < 1.29 is 14.7 Å². The van der Waals surface area contributed by atoms with Crippen molar-refractivity contribution in [2.24, 2.45) is 0 Å². The molecule has 5 rings (SSSR count). The number of hydrogen-bond donors (Lipinski definition) is 1. The zero-order chi connectivity index (χ0) is 24.5. The van der Waals surface area contributed by atoms with Crippen molar-refractivity contribution in [3.05, 3.63) is 59.2 Å². The van der Waals surface area contributed by atoms with Crippen LogP contribution in [0.1, 0.15) is 31.4 Å². The van der Waals surface area contributed by atoms with Crippen LogP contribution in [0, 0.1) is 0 Å². The number of allylic oxidation sites excluding steroid dienone is 1. The molecule has 1 N–H and O–H groups in total. The first kappa shape index (κ1) is 23.5. The third-order valence-corrected chi connectivity index (χ3v) is 7.66. The van der Waals surface area contributed by atoms with Crippen LogP contribution in [-0.4, -0.2) is 65.5 Å². The average Bonchev–Trinajstić information content (AvgIpc) is 3.38. The van der Waals surface area contributed by atoms with Crippen LogP contribution in [-0.2, 0) is 16.0 Å². The van der Waals surface area contributed by atoms with E-state index in [1.807, 2.05) is 26.0 Å². The lowest BCUT2D eigenvalue weighted by Gasteiger charge is -2.35. The summed E-state index contributed by atoms with van der Waals surface area (Å²) in [6.07, 6.45) is 1.96. The van der Waals surface area contributed by atoms with E-state index in [9.17, 15) is 14.7 Å². The second kappa shape index (κ2) is 9.79. The highest BCUT2D eigenvalue weighted by atomic mass is 32.1. The van der Waals surface area contributed by atoms with Crippen molar-refractivity contribution in [2.45, 2.75) is 26.7 Å². The molecule has 7 nitrogen and oxygen atoms in total. The van der Waals surface area contributed by atoms with Crippen LogP contribution in [0.25, 0.3) is 15.7 Å². The Labute approximate surface area is 209 Å². The lowest BCUT2D eigenvalue weighted by molar-refractivity contribution is -0.136. The van der Waals surface area contributed by atoms with Gasteiger partial charge < -0.3 is 10.0 Å². The van der Waals surface area contributed by atoms with Crippen LogP contribution in [0.3, 0.4) is 0 Å². The second-order valence-electron chi connectivity index (χ2n) is 9.45. The molecule has 2 aliphatic heterocycles. The smallest absolute Gasteiger partial charge is 0.323 e. The van der Waals surface area contributed by atoms with E-state index >= 15 is 0 Å². The van der Waals surface area contributed by atoms with E-state index in [-0.39, 0.29) is 12.5 Å². The highest BCUT2D eigenvalue weighted by Crippen LogP contribution is 2.39. The average molecular weight is 491 g/mol. The van der Waals surface area contributed by atoms with Gasteiger partial charge in [0.2, 0.25) is 0 Å². The van der Waals surface area contributed by atoms with Gasteiger partial charge >= 0.3 is 5.97 Å². The third kappa shape index (κ3) is 4.68. The molecule has 0 bridgehead atoms. The summed E-state index contributed by atoms with van der Waals surface area (Å²) in [4.78, 5) is 30.4. The highest BCUT2D eigenvalue weighted by Gasteiger charge is 2.34. The number of piperazine rings is 1. The summed E-state index contributed by atoms with van der Waals surface area (Å²) in [6, 6.07) is 14.4. The van der Waals surface area contributed by atoms with E-state index in [0.717, 1.165) is 62.5 Å². The van der Waals surface area contributed by atoms with Crippen LogP contribution >= 0.6 is 11.5 Å². The minimum atomic E-state index is -1.01. The van der Waals surface area contributed by atoms with Crippen molar-refractivity contribution in [3.8, 4) is 0 Å². The number of carbonyl (C=O) groups is 2. The molecular weight excluding hydrogens is 460 g/mol. The zero-order valence-corrected chi connectivity index (χ0v) is 21.0. The lowest BCUT2D eigenvalue weighted by atomic mass is 9.99. The Morgan fingerprint density at radius 2 is 1.86 bits per heavy atom. The van der Waals surface area contributed by atoms with Crippen LogP contribution in [0.4, 0.5) is 11.5 Å². The standard InChI is InChI=1S/C27H30N4O3S/c1-18(2)25-21-16-19(9-10-22(21)31(27(25)34)17-24(32)33)6-5-11-29-12-14-30(15-13-29)26-20-7-3-4-8-23(20)35-28-26/h3-4,7-10,16H,5-6,11-15,17H2,1-2H3,(H,32,33). The summed E-state index contributed by atoms with van der Waals surface area (Å²) in [5, 5.41) is 10.5. The summed E-state index contributed by atoms with van der Waals surface area (Å²) in [5.41, 5.74) is 4.28. The number of carboxylic acids is 1. The third-order valence-electron chi connectivity index (χ3n) is 6.84. The SMILES string of the molecule is CC(C)=C1C(=O)N(CC(=O)O)c2ccc(CCCN3CCN(c4nsc5ccccc45)CC3)cc21. The molecule has 0 saturated carbocycles. The van der Waals surface area contributed by atoms with Crippen molar-refractivity contribution >= 4 is 50.6 Å². The van der Waals surface area contributed by atoms with Crippen molar-refractivity contribution in [2.75, 3.05) is 49.1 Å². The van der Waals surface area contributed by atoms with Gasteiger partial charge in [-0.15, -0.1) is 0 Å². The fourth-order valence-electron chi connectivity index (χ4n) is 5.10. The molecule has 1 saturated heterocycles. The molecule has 2 aliphatic rings. The predicted molar refractivity (Wildman–Crippen MR) is 141 cm³/mol. The molecule has 8 heteroatoms. The molecule has 1 amide bonds. The van der Waals surface area contributed by atoms with Crippen molar-refractivity contribution in [1.82, 2.24) is 9.27 Å². The Hall–Kier alpha value is -3.23. The van der Waals surface area contributed by atoms with Crippen molar-refractivity contribution in [1.29, 1.82) is 0 Å². The van der Waals surface area contributed by atoms with Crippen LogP contribution in [0.15, 0.2) is 48.0 Å². The van der Waals surface area contributed by atoms with Crippen LogP contribution in [0.2, 0.25) is 0 Å². The molecule has 1 fully saturated rings. The van der Waals surface area contributed by atoms with Gasteiger partial charge in [-0.1, -0.05) is 23.8 Å². The molecule has 3 aromatic rings. The van der Waals surface area contributed by atoms with Gasteiger partial charge in [0, 0.05) is 42.7 Å². The number of aliphatic carboxylic acids is 1. The fraction of sp³-hybridized carbons (Fsp3) is 0.370. The first-order chi connectivity index (χ1) is 16.9. The topological polar surface area (TPSA) is 77.0 Å². The number of carboxylic acid groups (broad SMARTS) is 1. The van der Waals surface area contributed by atoms with E-state index in [4.69, 9.17) is 4.37 Å². The number of carbonyl (C=O) groups excluding carboxylic acids is 1. The summed E-state index contributed by atoms with van der Waals surface area (Å²) >= 11 is 1.57. The number of aromatic nitrogens is 1. The molecule has 0 unspecified atom stereocenters. The van der Waals surface area contributed by atoms with E-state index in [1.54, 1.807) is 11.5 Å². The van der Waals surface area contributed by atoms with Gasteiger partial charge in [0.05, 0.1) is 10.4 Å². The van der Waals surface area contributed by atoms with Gasteiger partial charge in [-0.05, 0) is 74.6 Å². The van der Waals surface area contributed by atoms with Gasteiger partial charge in [-0.2, -0.15) is 4.37 Å². The summed E-state index contributed by atoms with van der Waals surface area (Å²) in [5.74, 6) is -0.110. The Bertz CT molecular complexity index is 1300. The molecule has 0 atom stereocenters. The maximum atomic E-state index is 12.8. The number of benzene rings is 2. The van der Waals surface area contributed by atoms with E-state index < -0.39 is 5.97 Å². The normalized spacial score (nSPS) is 16.3. The Kier molecular flexibility index (Phi) is 6.58. The quantitative estimate of drug-likeness (QED) is 0.499. The number of hydrogen-bond acceptors (Lipinski definition) is 6. The van der Waals surface area contributed by atoms with Gasteiger partial charge in [0.25, 0.3) is 5.91 Å². The van der Waals surface area contributed by atoms with Crippen LogP contribution < -0.4 is 9.80 Å². The molecule has 3 heterocycles. The number of aryl methyl sites for hydroxylation is 1. The first-order valence-electron chi connectivity index (χ1n) is 12.1. The Morgan fingerprint density at radius 3 is 2.60 bits per heavy atom. The fourth-order valence-corrected chi connectivity index (χ4v) is 5.90. The molecule has 35 heavy (non-hydrogen) atoms. The van der Waals surface area contributed by atoms with Crippen LogP contribution in [0.5, 0.6) is 0 Å². The Morgan fingerprint density at radius 1 is 1.09 bits per heavy atom. The number of rotatable bonds is 7. The summed E-state index contributed by atoms with van der Waals surface area (Å²) in [7, 11) is 0. The maximum Gasteiger partial charge on any atom is 0.323 e. The number of fused-ring (bicyclic) bond motifs is 2. The van der Waals surface area contributed by atoms with E-state index in [0.29, 0.717) is 11.3 Å². The largest absolute Gasteiger partial charge is 0.480 e. The van der Waals surface area contributed by atoms with Gasteiger partial charge in [0.15, 0.2) is 0 Å². The number of amides is 1. The van der Waals surface area contributed by atoms with Gasteiger partial charge in [-0.3, -0.25) is 19.4 Å². The van der Waals surface area contributed by atoms with E-state index in [1.165, 1.54) is 20.5 Å². The van der Waals surface area contributed by atoms with Gasteiger partial charge in [0.1, 0.15) is 12.4 Å².